The minimum Gasteiger partial charge on any atom is -0.247 e. The van der Waals surface area contributed by atoms with Crippen LogP contribution in [-0.2, 0) is 19.4 Å². The Hall–Kier alpha value is -0.790. The van der Waals surface area contributed by atoms with Crippen LogP contribution in [0.5, 0.6) is 0 Å². The standard InChI is InChI=1S/C53H104N2/c1-4-7-10-13-16-19-22-25-27-29-32-35-38-41-44-47-50-55-52(48-45-42-39-36-33-31-28-26-23-20-17-14-11-8-5-2)51-54-53(55)49-46-43-40-37-34-30-24-21-18-15-12-9-6-3/h51H,4-50H2,1-3H3/p+1. The van der Waals surface area contributed by atoms with E-state index in [1.54, 1.807) is 5.69 Å². The molecule has 0 atom stereocenters. The fourth-order valence-corrected chi connectivity index (χ4v) is 8.99. The lowest BCUT2D eigenvalue weighted by atomic mass is 10.0. The highest BCUT2D eigenvalue weighted by molar-refractivity contribution is 4.92. The second-order valence-electron chi connectivity index (χ2n) is 18.4. The maximum absolute atomic E-state index is 3.79. The van der Waals surface area contributed by atoms with Crippen molar-refractivity contribution < 1.29 is 4.57 Å². The number of rotatable bonds is 47. The molecule has 1 aromatic heterocycles. The normalized spacial score (nSPS) is 11.7. The van der Waals surface area contributed by atoms with E-state index in [1.165, 1.54) is 308 Å². The number of aryl methyl sites for hydroxylation is 2. The van der Waals surface area contributed by atoms with Crippen LogP contribution >= 0.6 is 0 Å². The van der Waals surface area contributed by atoms with E-state index in [0.29, 0.717) is 0 Å². The molecule has 0 aliphatic carbocycles. The Balaban J connectivity index is 2.25. The summed E-state index contributed by atoms with van der Waals surface area (Å²) >= 11 is 0. The molecule has 0 spiro atoms. The lowest BCUT2D eigenvalue weighted by Crippen LogP contribution is -2.40. The van der Waals surface area contributed by atoms with Gasteiger partial charge in [0.15, 0.2) is 0 Å². The van der Waals surface area contributed by atoms with Gasteiger partial charge in [-0.3, -0.25) is 0 Å². The van der Waals surface area contributed by atoms with Gasteiger partial charge < -0.3 is 0 Å². The summed E-state index contributed by atoms with van der Waals surface area (Å²) in [6, 6.07) is 0. The van der Waals surface area contributed by atoms with Crippen molar-refractivity contribution in [2.45, 2.75) is 323 Å². The van der Waals surface area contributed by atoms with Crippen LogP contribution in [0.2, 0.25) is 0 Å². The number of nitrogens with zero attached hydrogens (tertiary/aromatic N) is 1. The van der Waals surface area contributed by atoms with Crippen LogP contribution in [0.4, 0.5) is 0 Å². The Kier molecular flexibility index (Phi) is 42.1. The highest BCUT2D eigenvalue weighted by Gasteiger charge is 2.17. The number of aromatic amines is 1. The predicted octanol–water partition coefficient (Wildman–Crippen LogP) is 18.6. The van der Waals surface area contributed by atoms with Gasteiger partial charge in [0.05, 0.1) is 6.54 Å². The van der Waals surface area contributed by atoms with Gasteiger partial charge >= 0.3 is 0 Å². The van der Waals surface area contributed by atoms with Crippen LogP contribution in [0.25, 0.3) is 0 Å². The number of imidazole rings is 1. The molecule has 0 bridgehead atoms. The van der Waals surface area contributed by atoms with Crippen LogP contribution < -0.4 is 4.57 Å². The quantitative estimate of drug-likeness (QED) is 0.0503. The fraction of sp³-hybridized carbons (Fsp3) is 0.943. The highest BCUT2D eigenvalue weighted by atomic mass is 15.1. The monoisotopic (exact) mass is 770 g/mol. The smallest absolute Gasteiger partial charge is 0.247 e. The first-order valence-corrected chi connectivity index (χ1v) is 26.4. The van der Waals surface area contributed by atoms with E-state index in [2.05, 4.69) is 36.5 Å². The molecule has 0 amide bonds. The molecule has 2 heteroatoms. The van der Waals surface area contributed by atoms with Crippen LogP contribution in [0.15, 0.2) is 6.20 Å². The van der Waals surface area contributed by atoms with Crippen molar-refractivity contribution >= 4 is 0 Å². The number of aromatic nitrogens is 2. The molecule has 0 saturated carbocycles. The van der Waals surface area contributed by atoms with Gasteiger partial charge in [-0.15, -0.1) is 0 Å². The largest absolute Gasteiger partial charge is 0.254 e. The van der Waals surface area contributed by atoms with Gasteiger partial charge in [0.2, 0.25) is 0 Å². The molecule has 1 heterocycles. The molecule has 1 rings (SSSR count). The number of hydrogen-bond donors (Lipinski definition) is 1. The molecule has 55 heavy (non-hydrogen) atoms. The third-order valence-electron chi connectivity index (χ3n) is 12.9. The number of nitrogens with one attached hydrogen (secondary N) is 1. The Morgan fingerprint density at radius 1 is 0.291 bits per heavy atom. The van der Waals surface area contributed by atoms with Gasteiger partial charge in [-0.05, 0) is 25.7 Å². The molecule has 0 unspecified atom stereocenters. The summed E-state index contributed by atoms with van der Waals surface area (Å²) < 4.78 is 2.74. The van der Waals surface area contributed by atoms with Crippen molar-refractivity contribution in [2.75, 3.05) is 0 Å². The molecule has 1 N–H and O–H groups in total. The minimum absolute atomic E-state index is 1.24. The maximum Gasteiger partial charge on any atom is 0.254 e. The first kappa shape index (κ1) is 52.2. The second kappa shape index (κ2) is 44.3. The molecular weight excluding hydrogens is 665 g/mol. The third kappa shape index (κ3) is 36.1. The predicted molar refractivity (Wildman–Crippen MR) is 249 cm³/mol. The molecular formula is C53H105N2+. The summed E-state index contributed by atoms with van der Waals surface area (Å²) in [5.74, 6) is 1.53. The van der Waals surface area contributed by atoms with Gasteiger partial charge in [-0.1, -0.05) is 278 Å². The number of hydrogen-bond acceptors (Lipinski definition) is 0. The maximum atomic E-state index is 3.79. The number of unbranched alkanes of at least 4 members (excludes halogenated alkanes) is 41. The van der Waals surface area contributed by atoms with Crippen molar-refractivity contribution in [1.82, 2.24) is 4.98 Å². The zero-order chi connectivity index (χ0) is 39.4. The van der Waals surface area contributed by atoms with E-state index in [1.807, 2.05) is 0 Å². The summed E-state index contributed by atoms with van der Waals surface area (Å²) in [5.41, 5.74) is 1.60. The molecule has 0 aliphatic heterocycles. The van der Waals surface area contributed by atoms with Crippen LogP contribution in [-0.4, -0.2) is 4.98 Å². The molecule has 326 valence electrons. The SMILES string of the molecule is CCCCCCCCCCCCCCCCCC[n+]1c(CCCCCCCCCCCCCCCCC)c[nH]c1CCCCCCCCCCCCCCC. The van der Waals surface area contributed by atoms with Gasteiger partial charge in [0.25, 0.3) is 5.82 Å². The zero-order valence-electron chi connectivity index (χ0n) is 38.8. The highest BCUT2D eigenvalue weighted by Crippen LogP contribution is 2.17. The molecule has 0 fully saturated rings. The average Bonchev–Trinajstić information content (AvgIpc) is 3.58. The summed E-state index contributed by atoms with van der Waals surface area (Å²) in [6.07, 6.45) is 68.5. The summed E-state index contributed by atoms with van der Waals surface area (Å²) in [5, 5.41) is 0. The van der Waals surface area contributed by atoms with Crippen molar-refractivity contribution in [3.63, 3.8) is 0 Å². The molecule has 0 aliphatic rings. The first-order valence-electron chi connectivity index (χ1n) is 26.4. The third-order valence-corrected chi connectivity index (χ3v) is 12.9. The Bertz CT molecular complexity index is 841. The molecule has 0 saturated heterocycles. The molecule has 0 radical (unpaired) electrons. The van der Waals surface area contributed by atoms with E-state index in [4.69, 9.17) is 0 Å². The Labute approximate surface area is 348 Å². The zero-order valence-corrected chi connectivity index (χ0v) is 38.8. The number of H-pyrrole nitrogens is 1. The lowest BCUT2D eigenvalue weighted by Gasteiger charge is -2.07. The topological polar surface area (TPSA) is 19.7 Å². The first-order chi connectivity index (χ1) is 27.3. The summed E-state index contributed by atoms with van der Waals surface area (Å²) in [4.78, 5) is 3.79. The second-order valence-corrected chi connectivity index (χ2v) is 18.4. The van der Waals surface area contributed by atoms with Crippen molar-refractivity contribution in [3.05, 3.63) is 17.7 Å². The molecule has 2 nitrogen and oxygen atoms in total. The van der Waals surface area contributed by atoms with Crippen molar-refractivity contribution in [2.24, 2.45) is 0 Å². The van der Waals surface area contributed by atoms with E-state index in [-0.39, 0.29) is 0 Å². The Morgan fingerprint density at radius 3 is 0.818 bits per heavy atom. The van der Waals surface area contributed by atoms with E-state index in [0.717, 1.165) is 0 Å². The molecule has 0 aromatic carbocycles. The van der Waals surface area contributed by atoms with Gasteiger partial charge in [-0.2, -0.15) is 0 Å². The van der Waals surface area contributed by atoms with Crippen molar-refractivity contribution in [3.8, 4) is 0 Å². The van der Waals surface area contributed by atoms with Crippen LogP contribution in [0, 0.1) is 0 Å². The fourth-order valence-electron chi connectivity index (χ4n) is 8.99. The lowest BCUT2D eigenvalue weighted by molar-refractivity contribution is -0.710. The van der Waals surface area contributed by atoms with Gasteiger partial charge in [0.1, 0.15) is 11.9 Å². The molecule has 1 aromatic rings. The van der Waals surface area contributed by atoms with Gasteiger partial charge in [0, 0.05) is 12.8 Å². The van der Waals surface area contributed by atoms with Crippen molar-refractivity contribution in [1.29, 1.82) is 0 Å². The Morgan fingerprint density at radius 2 is 0.527 bits per heavy atom. The van der Waals surface area contributed by atoms with Gasteiger partial charge in [-0.25, -0.2) is 9.55 Å². The van der Waals surface area contributed by atoms with E-state index >= 15 is 0 Å². The summed E-state index contributed by atoms with van der Waals surface area (Å²) in [7, 11) is 0. The average molecular weight is 770 g/mol. The van der Waals surface area contributed by atoms with Crippen LogP contribution in [0.3, 0.4) is 0 Å². The minimum atomic E-state index is 1.24. The van der Waals surface area contributed by atoms with E-state index in [9.17, 15) is 0 Å². The van der Waals surface area contributed by atoms with E-state index < -0.39 is 0 Å². The van der Waals surface area contributed by atoms with Crippen LogP contribution in [0.1, 0.15) is 315 Å². The summed E-state index contributed by atoms with van der Waals surface area (Å²) in [6.45, 7) is 8.19.